The molecule has 2 N–H and O–H groups in total. The number of hydrogen-bond donors (Lipinski definition) is 2. The standard InChI is InChI=1S/C19H19ClN2OS/c20-15-3-1-2-4-18(15)24-14-8-5-12(6-9-14)19(23)22-17-11-13-7-10-16(17)21-13/h1-6,8-9,13,16-17,21H,7,10-11H2,(H,22,23). The van der Waals surface area contributed by atoms with Crippen LogP contribution in [0.25, 0.3) is 0 Å². The van der Waals surface area contributed by atoms with Crippen LogP contribution in [0.15, 0.2) is 58.3 Å². The molecule has 4 rings (SSSR count). The molecule has 2 aromatic rings. The normalized spacial score (nSPS) is 25.0. The number of halogens is 1. The van der Waals surface area contributed by atoms with E-state index < -0.39 is 0 Å². The molecule has 0 radical (unpaired) electrons. The van der Waals surface area contributed by atoms with Gasteiger partial charge in [0.2, 0.25) is 0 Å². The highest BCUT2D eigenvalue weighted by molar-refractivity contribution is 7.99. The van der Waals surface area contributed by atoms with Crippen molar-refractivity contribution in [3.8, 4) is 0 Å². The Labute approximate surface area is 151 Å². The lowest BCUT2D eigenvalue weighted by Crippen LogP contribution is -2.42. The van der Waals surface area contributed by atoms with Crippen molar-refractivity contribution in [2.24, 2.45) is 0 Å². The van der Waals surface area contributed by atoms with Crippen LogP contribution in [0, 0.1) is 0 Å². The zero-order chi connectivity index (χ0) is 16.5. The second kappa shape index (κ2) is 6.79. The summed E-state index contributed by atoms with van der Waals surface area (Å²) in [4.78, 5) is 14.5. The molecular weight excluding hydrogens is 340 g/mol. The van der Waals surface area contributed by atoms with E-state index in [4.69, 9.17) is 11.6 Å². The fourth-order valence-corrected chi connectivity index (χ4v) is 4.65. The molecule has 2 aliphatic heterocycles. The van der Waals surface area contributed by atoms with E-state index in [1.54, 1.807) is 11.8 Å². The molecular formula is C19H19ClN2OS. The van der Waals surface area contributed by atoms with E-state index in [9.17, 15) is 4.79 Å². The van der Waals surface area contributed by atoms with Crippen molar-refractivity contribution in [2.45, 2.75) is 47.2 Å². The number of amides is 1. The molecule has 3 nitrogen and oxygen atoms in total. The van der Waals surface area contributed by atoms with E-state index in [0.29, 0.717) is 17.6 Å². The molecule has 0 saturated carbocycles. The molecule has 24 heavy (non-hydrogen) atoms. The number of rotatable bonds is 4. The quantitative estimate of drug-likeness (QED) is 0.864. The monoisotopic (exact) mass is 358 g/mol. The molecule has 1 amide bonds. The van der Waals surface area contributed by atoms with Gasteiger partial charge in [-0.1, -0.05) is 35.5 Å². The van der Waals surface area contributed by atoms with Gasteiger partial charge in [0.05, 0.1) is 5.02 Å². The second-order valence-electron chi connectivity index (χ2n) is 6.42. The molecule has 124 valence electrons. The Kier molecular flexibility index (Phi) is 4.53. The van der Waals surface area contributed by atoms with Crippen LogP contribution >= 0.6 is 23.4 Å². The van der Waals surface area contributed by atoms with E-state index in [1.807, 2.05) is 48.5 Å². The summed E-state index contributed by atoms with van der Waals surface area (Å²) in [5, 5.41) is 7.46. The average molecular weight is 359 g/mol. The fourth-order valence-electron chi connectivity index (χ4n) is 3.56. The highest BCUT2D eigenvalue weighted by Crippen LogP contribution is 2.33. The Balaban J connectivity index is 1.40. The Hall–Kier alpha value is -1.49. The van der Waals surface area contributed by atoms with Crippen molar-refractivity contribution in [1.29, 1.82) is 0 Å². The van der Waals surface area contributed by atoms with E-state index in [2.05, 4.69) is 10.6 Å². The van der Waals surface area contributed by atoms with Gasteiger partial charge in [-0.3, -0.25) is 4.79 Å². The first kappa shape index (κ1) is 16.0. The van der Waals surface area contributed by atoms with Crippen molar-refractivity contribution >= 4 is 29.3 Å². The third kappa shape index (κ3) is 3.32. The predicted molar refractivity (Wildman–Crippen MR) is 97.8 cm³/mol. The first-order valence-electron chi connectivity index (χ1n) is 8.28. The van der Waals surface area contributed by atoms with Gasteiger partial charge in [0.25, 0.3) is 5.91 Å². The maximum absolute atomic E-state index is 12.4. The largest absolute Gasteiger partial charge is 0.348 e. The maximum atomic E-state index is 12.4. The van der Waals surface area contributed by atoms with Crippen molar-refractivity contribution < 1.29 is 4.79 Å². The molecule has 2 saturated heterocycles. The van der Waals surface area contributed by atoms with E-state index >= 15 is 0 Å². The van der Waals surface area contributed by atoms with Crippen molar-refractivity contribution in [3.63, 3.8) is 0 Å². The molecule has 2 aromatic carbocycles. The molecule has 3 atom stereocenters. The highest BCUT2D eigenvalue weighted by Gasteiger charge is 2.39. The zero-order valence-electron chi connectivity index (χ0n) is 13.2. The van der Waals surface area contributed by atoms with Crippen LogP contribution in [0.1, 0.15) is 29.6 Å². The summed E-state index contributed by atoms with van der Waals surface area (Å²) in [6.07, 6.45) is 3.46. The number of nitrogens with one attached hydrogen (secondary N) is 2. The van der Waals surface area contributed by atoms with Gasteiger partial charge >= 0.3 is 0 Å². The van der Waals surface area contributed by atoms with Crippen LogP contribution in [-0.2, 0) is 0 Å². The summed E-state index contributed by atoms with van der Waals surface area (Å²) < 4.78 is 0. The van der Waals surface area contributed by atoms with Crippen molar-refractivity contribution in [2.75, 3.05) is 0 Å². The van der Waals surface area contributed by atoms with E-state index in [0.717, 1.165) is 21.2 Å². The lowest BCUT2D eigenvalue weighted by Gasteiger charge is -2.21. The molecule has 2 bridgehead atoms. The van der Waals surface area contributed by atoms with Crippen LogP contribution in [0.5, 0.6) is 0 Å². The van der Waals surface area contributed by atoms with Crippen LogP contribution in [0.3, 0.4) is 0 Å². The van der Waals surface area contributed by atoms with Crippen LogP contribution < -0.4 is 10.6 Å². The Morgan fingerprint density at radius 2 is 1.92 bits per heavy atom. The summed E-state index contributed by atoms with van der Waals surface area (Å²) in [7, 11) is 0. The Morgan fingerprint density at radius 1 is 1.12 bits per heavy atom. The van der Waals surface area contributed by atoms with Gasteiger partial charge in [0.15, 0.2) is 0 Å². The highest BCUT2D eigenvalue weighted by atomic mass is 35.5. The lowest BCUT2D eigenvalue weighted by atomic mass is 9.95. The summed E-state index contributed by atoms with van der Waals surface area (Å²) in [5.74, 6) is 0.0173. The van der Waals surface area contributed by atoms with Gasteiger partial charge in [-0.2, -0.15) is 0 Å². The molecule has 5 heteroatoms. The van der Waals surface area contributed by atoms with Gasteiger partial charge in [-0.05, 0) is 55.7 Å². The number of carbonyl (C=O) groups is 1. The van der Waals surface area contributed by atoms with E-state index in [-0.39, 0.29) is 11.9 Å². The van der Waals surface area contributed by atoms with Crippen molar-refractivity contribution in [3.05, 3.63) is 59.1 Å². The Bertz CT molecular complexity index is 749. The minimum Gasteiger partial charge on any atom is -0.348 e. The number of benzene rings is 2. The zero-order valence-corrected chi connectivity index (χ0v) is 14.7. The molecule has 3 unspecified atom stereocenters. The third-order valence-electron chi connectivity index (χ3n) is 4.80. The molecule has 2 heterocycles. The smallest absolute Gasteiger partial charge is 0.251 e. The Morgan fingerprint density at radius 3 is 2.58 bits per heavy atom. The van der Waals surface area contributed by atoms with Crippen LogP contribution in [0.4, 0.5) is 0 Å². The summed E-state index contributed by atoms with van der Waals surface area (Å²) in [6.45, 7) is 0. The number of fused-ring (bicyclic) bond motifs is 2. The third-order valence-corrected chi connectivity index (χ3v) is 6.32. The topological polar surface area (TPSA) is 41.1 Å². The van der Waals surface area contributed by atoms with Gasteiger partial charge in [0.1, 0.15) is 0 Å². The predicted octanol–water partition coefficient (Wildman–Crippen LogP) is 4.11. The molecule has 0 aliphatic carbocycles. The van der Waals surface area contributed by atoms with Crippen molar-refractivity contribution in [1.82, 2.24) is 10.6 Å². The van der Waals surface area contributed by atoms with Crippen LogP contribution in [0.2, 0.25) is 5.02 Å². The van der Waals surface area contributed by atoms with Crippen LogP contribution in [-0.4, -0.2) is 24.0 Å². The summed E-state index contributed by atoms with van der Waals surface area (Å²) in [6, 6.07) is 16.8. The molecule has 0 aromatic heterocycles. The number of carbonyl (C=O) groups excluding carboxylic acids is 1. The fraction of sp³-hybridized carbons (Fsp3) is 0.316. The molecule has 2 fully saturated rings. The first-order chi connectivity index (χ1) is 11.7. The number of hydrogen-bond acceptors (Lipinski definition) is 3. The summed E-state index contributed by atoms with van der Waals surface area (Å²) in [5.41, 5.74) is 0.710. The SMILES string of the molecule is O=C(NC1CC2CCC1N2)c1ccc(Sc2ccccc2Cl)cc1. The average Bonchev–Trinajstić information content (AvgIpc) is 3.20. The van der Waals surface area contributed by atoms with E-state index in [1.165, 1.54) is 12.8 Å². The second-order valence-corrected chi connectivity index (χ2v) is 7.94. The lowest BCUT2D eigenvalue weighted by molar-refractivity contribution is 0.0931. The maximum Gasteiger partial charge on any atom is 0.251 e. The summed E-state index contributed by atoms with van der Waals surface area (Å²) >= 11 is 7.79. The van der Waals surface area contributed by atoms with Gasteiger partial charge in [0, 0.05) is 33.5 Å². The van der Waals surface area contributed by atoms with Gasteiger partial charge < -0.3 is 10.6 Å². The first-order valence-corrected chi connectivity index (χ1v) is 9.48. The van der Waals surface area contributed by atoms with Gasteiger partial charge in [-0.15, -0.1) is 0 Å². The minimum absolute atomic E-state index is 0.0173. The molecule has 2 aliphatic rings. The minimum atomic E-state index is 0.0173. The van der Waals surface area contributed by atoms with Gasteiger partial charge in [-0.25, -0.2) is 0 Å². The molecule has 0 spiro atoms.